The Labute approximate surface area is 128 Å². The summed E-state index contributed by atoms with van der Waals surface area (Å²) in [6, 6.07) is 0.450. The maximum atomic E-state index is 12.4. The number of nitrogens with zero attached hydrogens (tertiary/aromatic N) is 1. The minimum atomic E-state index is -0.317. The van der Waals surface area contributed by atoms with Crippen molar-refractivity contribution in [2.45, 2.75) is 58.9 Å². The monoisotopic (exact) mass is 298 g/mol. The normalized spacial score (nSPS) is 18.6. The van der Waals surface area contributed by atoms with E-state index in [4.69, 9.17) is 4.74 Å². The Bertz CT molecular complexity index is 325. The SMILES string of the molecule is CCOC(=O)CN(CC(C)C)C(=O)CCC1CCCCN1. The van der Waals surface area contributed by atoms with E-state index in [-0.39, 0.29) is 18.4 Å². The maximum Gasteiger partial charge on any atom is 0.325 e. The highest BCUT2D eigenvalue weighted by Crippen LogP contribution is 2.13. The molecule has 1 fully saturated rings. The van der Waals surface area contributed by atoms with Crippen molar-refractivity contribution in [1.82, 2.24) is 10.2 Å². The molecule has 0 aromatic rings. The van der Waals surface area contributed by atoms with Gasteiger partial charge in [0.05, 0.1) is 6.61 Å². The molecule has 1 unspecified atom stereocenters. The van der Waals surface area contributed by atoms with Crippen LogP contribution >= 0.6 is 0 Å². The van der Waals surface area contributed by atoms with Crippen LogP contribution in [0.1, 0.15) is 52.9 Å². The van der Waals surface area contributed by atoms with E-state index in [2.05, 4.69) is 5.32 Å². The summed E-state index contributed by atoms with van der Waals surface area (Å²) in [6.45, 7) is 7.97. The lowest BCUT2D eigenvalue weighted by Crippen LogP contribution is -2.40. The van der Waals surface area contributed by atoms with Gasteiger partial charge in [0.1, 0.15) is 6.54 Å². The summed E-state index contributed by atoms with van der Waals surface area (Å²) in [4.78, 5) is 25.6. The van der Waals surface area contributed by atoms with Crippen LogP contribution < -0.4 is 5.32 Å². The van der Waals surface area contributed by atoms with E-state index in [1.165, 1.54) is 12.8 Å². The highest BCUT2D eigenvalue weighted by Gasteiger charge is 2.21. The second-order valence-electron chi connectivity index (χ2n) is 6.16. The van der Waals surface area contributed by atoms with Crippen LogP contribution in [0.2, 0.25) is 0 Å². The zero-order chi connectivity index (χ0) is 15.7. The Balaban J connectivity index is 2.43. The molecule has 1 atom stereocenters. The molecule has 0 radical (unpaired) electrons. The number of carbonyl (C=O) groups is 2. The predicted octanol–water partition coefficient (Wildman–Crippen LogP) is 1.96. The summed E-state index contributed by atoms with van der Waals surface area (Å²) in [5.41, 5.74) is 0. The van der Waals surface area contributed by atoms with E-state index in [0.29, 0.717) is 31.5 Å². The zero-order valence-electron chi connectivity index (χ0n) is 13.7. The molecule has 0 saturated carbocycles. The molecule has 0 aromatic carbocycles. The largest absolute Gasteiger partial charge is 0.465 e. The van der Waals surface area contributed by atoms with E-state index in [1.807, 2.05) is 13.8 Å². The minimum Gasteiger partial charge on any atom is -0.465 e. The predicted molar refractivity (Wildman–Crippen MR) is 82.9 cm³/mol. The summed E-state index contributed by atoms with van der Waals surface area (Å²) in [5.74, 6) is 0.0857. The topological polar surface area (TPSA) is 58.6 Å². The van der Waals surface area contributed by atoms with Crippen LogP contribution in [-0.2, 0) is 14.3 Å². The van der Waals surface area contributed by atoms with Crippen LogP contribution in [-0.4, -0.2) is 49.1 Å². The number of carbonyl (C=O) groups excluding carboxylic acids is 2. The summed E-state index contributed by atoms with van der Waals surface area (Å²) < 4.78 is 4.95. The molecule has 5 heteroatoms. The summed E-state index contributed by atoms with van der Waals surface area (Å²) >= 11 is 0. The molecular formula is C16H30N2O3. The quantitative estimate of drug-likeness (QED) is 0.696. The van der Waals surface area contributed by atoms with Gasteiger partial charge < -0.3 is 15.0 Å². The van der Waals surface area contributed by atoms with Crippen molar-refractivity contribution in [2.75, 3.05) is 26.2 Å². The fourth-order valence-electron chi connectivity index (χ4n) is 2.68. The van der Waals surface area contributed by atoms with Crippen molar-refractivity contribution in [3.05, 3.63) is 0 Å². The lowest BCUT2D eigenvalue weighted by molar-refractivity contribution is -0.149. The summed E-state index contributed by atoms with van der Waals surface area (Å²) in [6.07, 6.45) is 4.98. The van der Waals surface area contributed by atoms with Gasteiger partial charge >= 0.3 is 5.97 Å². The molecule has 1 aliphatic heterocycles. The molecule has 0 aliphatic carbocycles. The number of piperidine rings is 1. The molecule has 1 rings (SSSR count). The molecular weight excluding hydrogens is 268 g/mol. The molecule has 122 valence electrons. The molecule has 1 aliphatic rings. The smallest absolute Gasteiger partial charge is 0.325 e. The van der Waals surface area contributed by atoms with Crippen LogP contribution in [0, 0.1) is 5.92 Å². The highest BCUT2D eigenvalue weighted by molar-refractivity contribution is 5.82. The number of hydrogen-bond donors (Lipinski definition) is 1. The van der Waals surface area contributed by atoms with Crippen LogP contribution in [0.5, 0.6) is 0 Å². The van der Waals surface area contributed by atoms with Gasteiger partial charge in [-0.1, -0.05) is 20.3 Å². The van der Waals surface area contributed by atoms with Gasteiger partial charge in [-0.25, -0.2) is 0 Å². The molecule has 0 spiro atoms. The van der Waals surface area contributed by atoms with Crippen LogP contribution in [0.4, 0.5) is 0 Å². The first-order chi connectivity index (χ1) is 10.0. The summed E-state index contributed by atoms with van der Waals surface area (Å²) in [7, 11) is 0. The second-order valence-corrected chi connectivity index (χ2v) is 6.16. The van der Waals surface area contributed by atoms with Gasteiger partial charge in [-0.3, -0.25) is 9.59 Å². The van der Waals surface area contributed by atoms with E-state index in [9.17, 15) is 9.59 Å². The van der Waals surface area contributed by atoms with E-state index >= 15 is 0 Å². The van der Waals surface area contributed by atoms with E-state index in [0.717, 1.165) is 19.4 Å². The van der Waals surface area contributed by atoms with Gasteiger partial charge in [0.2, 0.25) is 5.91 Å². The number of nitrogens with one attached hydrogen (secondary N) is 1. The number of amides is 1. The number of esters is 1. The van der Waals surface area contributed by atoms with Crippen LogP contribution in [0.3, 0.4) is 0 Å². The fourth-order valence-corrected chi connectivity index (χ4v) is 2.68. The zero-order valence-corrected chi connectivity index (χ0v) is 13.7. The van der Waals surface area contributed by atoms with E-state index in [1.54, 1.807) is 11.8 Å². The number of rotatable bonds is 8. The number of hydrogen-bond acceptors (Lipinski definition) is 4. The maximum absolute atomic E-state index is 12.4. The third-order valence-corrected chi connectivity index (χ3v) is 3.68. The average Bonchev–Trinajstić information content (AvgIpc) is 2.45. The average molecular weight is 298 g/mol. The first-order valence-electron chi connectivity index (χ1n) is 8.19. The van der Waals surface area contributed by atoms with Crippen LogP contribution in [0.15, 0.2) is 0 Å². The first-order valence-corrected chi connectivity index (χ1v) is 8.19. The van der Waals surface area contributed by atoms with Crippen molar-refractivity contribution in [1.29, 1.82) is 0 Å². The molecule has 1 N–H and O–H groups in total. The third-order valence-electron chi connectivity index (χ3n) is 3.68. The summed E-state index contributed by atoms with van der Waals surface area (Å²) in [5, 5.41) is 3.45. The van der Waals surface area contributed by atoms with Crippen molar-refractivity contribution in [3.63, 3.8) is 0 Å². The van der Waals surface area contributed by atoms with E-state index < -0.39 is 0 Å². The Kier molecular flexibility index (Phi) is 8.35. The third kappa shape index (κ3) is 7.46. The molecule has 0 bridgehead atoms. The minimum absolute atomic E-state index is 0.0594. The standard InChI is InChI=1S/C16H30N2O3/c1-4-21-16(20)12-18(11-13(2)3)15(19)9-8-14-7-5-6-10-17-14/h13-14,17H,4-12H2,1-3H3. The first kappa shape index (κ1) is 18.0. The lowest BCUT2D eigenvalue weighted by atomic mass is 10.00. The van der Waals surface area contributed by atoms with Crippen molar-refractivity contribution in [3.8, 4) is 0 Å². The van der Waals surface area contributed by atoms with Gasteiger partial charge in [-0.15, -0.1) is 0 Å². The highest BCUT2D eigenvalue weighted by atomic mass is 16.5. The van der Waals surface area contributed by atoms with Crippen LogP contribution in [0.25, 0.3) is 0 Å². The Morgan fingerprint density at radius 1 is 1.33 bits per heavy atom. The van der Waals surface area contributed by atoms with Gasteiger partial charge in [0.25, 0.3) is 0 Å². The van der Waals surface area contributed by atoms with Gasteiger partial charge in [-0.2, -0.15) is 0 Å². The van der Waals surface area contributed by atoms with Gasteiger partial charge in [0.15, 0.2) is 0 Å². The molecule has 21 heavy (non-hydrogen) atoms. The van der Waals surface area contributed by atoms with Gasteiger partial charge in [0, 0.05) is 19.0 Å². The molecule has 0 aromatic heterocycles. The lowest BCUT2D eigenvalue weighted by Gasteiger charge is -2.26. The number of ether oxygens (including phenoxy) is 1. The van der Waals surface area contributed by atoms with Crippen molar-refractivity contribution < 1.29 is 14.3 Å². The Hall–Kier alpha value is -1.10. The van der Waals surface area contributed by atoms with Crippen molar-refractivity contribution in [2.24, 2.45) is 5.92 Å². The molecule has 1 heterocycles. The molecule has 1 saturated heterocycles. The Morgan fingerprint density at radius 3 is 2.67 bits per heavy atom. The van der Waals surface area contributed by atoms with Crippen molar-refractivity contribution >= 4 is 11.9 Å². The molecule has 1 amide bonds. The molecule has 5 nitrogen and oxygen atoms in total. The fraction of sp³-hybridized carbons (Fsp3) is 0.875. The van der Waals surface area contributed by atoms with Gasteiger partial charge in [-0.05, 0) is 38.6 Å². The Morgan fingerprint density at radius 2 is 2.10 bits per heavy atom. The second kappa shape index (κ2) is 9.77.